The Morgan fingerprint density at radius 1 is 1.03 bits per heavy atom. The lowest BCUT2D eigenvalue weighted by Gasteiger charge is -2.16. The molecule has 2 aliphatic heterocycles. The summed E-state index contributed by atoms with van der Waals surface area (Å²) in [6.45, 7) is 1.95. The molecule has 0 saturated carbocycles. The van der Waals surface area contributed by atoms with Crippen LogP contribution in [0.15, 0.2) is 83.0 Å². The highest BCUT2D eigenvalue weighted by Crippen LogP contribution is 2.35. The zero-order valence-electron chi connectivity index (χ0n) is 19.1. The molecule has 10 heteroatoms. The summed E-state index contributed by atoms with van der Waals surface area (Å²) in [5.74, 6) is -1.00. The number of thioether (sulfide) groups is 1. The van der Waals surface area contributed by atoms with E-state index < -0.39 is 5.25 Å². The number of nitrogens with one attached hydrogen (secondary N) is 2. The molecule has 5 rings (SSSR count). The second-order valence-electron chi connectivity index (χ2n) is 8.25. The van der Waals surface area contributed by atoms with Crippen LogP contribution in [0.25, 0.3) is 0 Å². The number of carbonyl (C=O) groups is 3. The predicted octanol–water partition coefficient (Wildman–Crippen LogP) is 3.89. The average molecular weight is 500 g/mol. The maximum atomic E-state index is 13.3. The van der Waals surface area contributed by atoms with Crippen LogP contribution < -0.4 is 15.5 Å². The van der Waals surface area contributed by atoms with E-state index in [1.54, 1.807) is 48.5 Å². The van der Waals surface area contributed by atoms with Gasteiger partial charge in [0.2, 0.25) is 11.8 Å². The molecule has 0 spiro atoms. The molecule has 9 nitrogen and oxygen atoms in total. The molecule has 1 unspecified atom stereocenters. The number of anilines is 3. The Balaban J connectivity index is 1.42. The first-order valence-corrected chi connectivity index (χ1v) is 12.0. The molecule has 3 N–H and O–H groups in total. The van der Waals surface area contributed by atoms with Crippen molar-refractivity contribution in [2.45, 2.75) is 18.6 Å². The first kappa shape index (κ1) is 23.3. The van der Waals surface area contributed by atoms with Crippen LogP contribution in [0.1, 0.15) is 17.5 Å². The van der Waals surface area contributed by atoms with E-state index in [4.69, 9.17) is 0 Å². The van der Waals surface area contributed by atoms with Gasteiger partial charge in [-0.3, -0.25) is 19.3 Å². The Labute approximate surface area is 210 Å². The summed E-state index contributed by atoms with van der Waals surface area (Å²) in [5.41, 5.74) is 3.56. The van der Waals surface area contributed by atoms with Crippen molar-refractivity contribution in [3.05, 3.63) is 83.9 Å². The third-order valence-electron chi connectivity index (χ3n) is 5.63. The SMILES string of the molecule is Cc1ccc(NC(=O)CC2SC(=NN=C3C(=O)Nc4ccccc43)N(c3ccc(O)cc3)C2=O)cc1. The number of amides is 3. The van der Waals surface area contributed by atoms with Gasteiger partial charge in [0.05, 0.1) is 11.4 Å². The molecule has 0 radical (unpaired) electrons. The van der Waals surface area contributed by atoms with Crippen molar-refractivity contribution in [1.82, 2.24) is 0 Å². The second kappa shape index (κ2) is 9.67. The average Bonchev–Trinajstić information content (AvgIpc) is 3.35. The molecule has 180 valence electrons. The van der Waals surface area contributed by atoms with E-state index in [0.717, 1.165) is 17.3 Å². The van der Waals surface area contributed by atoms with Crippen LogP contribution in [-0.4, -0.2) is 39.0 Å². The Kier molecular flexibility index (Phi) is 6.26. The molecule has 1 saturated heterocycles. The van der Waals surface area contributed by atoms with Gasteiger partial charge in [-0.2, -0.15) is 0 Å². The lowest BCUT2D eigenvalue weighted by molar-refractivity contribution is -0.121. The van der Waals surface area contributed by atoms with Crippen molar-refractivity contribution in [2.75, 3.05) is 15.5 Å². The largest absolute Gasteiger partial charge is 0.508 e. The highest BCUT2D eigenvalue weighted by Gasteiger charge is 2.40. The van der Waals surface area contributed by atoms with Crippen LogP contribution in [0.3, 0.4) is 0 Å². The molecule has 3 aromatic rings. The number of phenols is 1. The van der Waals surface area contributed by atoms with Gasteiger partial charge in [-0.1, -0.05) is 47.7 Å². The summed E-state index contributed by atoms with van der Waals surface area (Å²) in [4.78, 5) is 39.8. The van der Waals surface area contributed by atoms with Crippen molar-refractivity contribution >= 4 is 57.4 Å². The molecule has 36 heavy (non-hydrogen) atoms. The van der Waals surface area contributed by atoms with Crippen LogP contribution in [0, 0.1) is 6.92 Å². The number of aryl methyl sites for hydroxylation is 1. The van der Waals surface area contributed by atoms with Crippen molar-refractivity contribution in [3.8, 4) is 5.75 Å². The zero-order valence-corrected chi connectivity index (χ0v) is 20.0. The number of carbonyl (C=O) groups excluding carboxylic acids is 3. The van der Waals surface area contributed by atoms with Gasteiger partial charge in [0.25, 0.3) is 5.91 Å². The van der Waals surface area contributed by atoms with E-state index in [9.17, 15) is 19.5 Å². The maximum absolute atomic E-state index is 13.3. The molecule has 3 aromatic carbocycles. The Bertz CT molecular complexity index is 1420. The van der Waals surface area contributed by atoms with Gasteiger partial charge < -0.3 is 15.7 Å². The van der Waals surface area contributed by atoms with E-state index >= 15 is 0 Å². The fraction of sp³-hybridized carbons (Fsp3) is 0.115. The second-order valence-corrected chi connectivity index (χ2v) is 9.42. The van der Waals surface area contributed by atoms with Crippen LogP contribution in [0.2, 0.25) is 0 Å². The number of hydrogen-bond acceptors (Lipinski definition) is 7. The molecule has 0 aliphatic carbocycles. The Hall–Kier alpha value is -4.44. The summed E-state index contributed by atoms with van der Waals surface area (Å²) in [6, 6.07) is 20.5. The van der Waals surface area contributed by atoms with E-state index in [0.29, 0.717) is 22.6 Å². The molecule has 1 fully saturated rings. The summed E-state index contributed by atoms with van der Waals surface area (Å²) in [6.07, 6.45) is -0.0785. The minimum Gasteiger partial charge on any atom is -0.508 e. The van der Waals surface area contributed by atoms with Gasteiger partial charge in [-0.05, 0) is 49.4 Å². The van der Waals surface area contributed by atoms with Gasteiger partial charge in [-0.25, -0.2) is 0 Å². The number of amidine groups is 1. The smallest absolute Gasteiger partial charge is 0.276 e. The number of phenolic OH excluding ortho intramolecular Hbond substituents is 1. The Morgan fingerprint density at radius 2 is 1.75 bits per heavy atom. The fourth-order valence-corrected chi connectivity index (χ4v) is 4.90. The predicted molar refractivity (Wildman–Crippen MR) is 140 cm³/mol. The molecule has 3 amide bonds. The van der Waals surface area contributed by atoms with Crippen molar-refractivity contribution in [3.63, 3.8) is 0 Å². The summed E-state index contributed by atoms with van der Waals surface area (Å²) < 4.78 is 0. The van der Waals surface area contributed by atoms with Gasteiger partial charge in [0.1, 0.15) is 11.0 Å². The highest BCUT2D eigenvalue weighted by molar-refractivity contribution is 8.16. The Morgan fingerprint density at radius 3 is 2.50 bits per heavy atom. The van der Waals surface area contributed by atoms with Gasteiger partial charge >= 0.3 is 0 Å². The van der Waals surface area contributed by atoms with E-state index in [1.165, 1.54) is 17.0 Å². The van der Waals surface area contributed by atoms with Crippen molar-refractivity contribution in [2.24, 2.45) is 10.2 Å². The normalized spacial score (nSPS) is 19.0. The lowest BCUT2D eigenvalue weighted by Crippen LogP contribution is -2.33. The first-order valence-electron chi connectivity index (χ1n) is 11.1. The molecular weight excluding hydrogens is 478 g/mol. The van der Waals surface area contributed by atoms with Crippen LogP contribution in [0.4, 0.5) is 17.1 Å². The third kappa shape index (κ3) is 4.71. The minimum absolute atomic E-state index is 0.0463. The van der Waals surface area contributed by atoms with E-state index in [-0.39, 0.29) is 40.8 Å². The standard InChI is InChI=1S/C26H21N5O4S/c1-15-6-8-16(9-7-15)27-22(33)14-21-25(35)31(17-10-12-18(32)13-11-17)26(36-21)30-29-23-19-4-2-3-5-20(19)28-24(23)34/h2-13,21,32H,14H2,1H3,(H,27,33)(H,28,29,34). The van der Waals surface area contributed by atoms with Gasteiger partial charge in [0, 0.05) is 17.7 Å². The van der Waals surface area contributed by atoms with Crippen LogP contribution in [-0.2, 0) is 14.4 Å². The molecular formula is C26H21N5O4S. The summed E-state index contributed by atoms with van der Waals surface area (Å²) in [5, 5.41) is 23.1. The lowest BCUT2D eigenvalue weighted by atomic mass is 10.1. The van der Waals surface area contributed by atoms with E-state index in [2.05, 4.69) is 20.8 Å². The van der Waals surface area contributed by atoms with Crippen LogP contribution >= 0.6 is 11.8 Å². The van der Waals surface area contributed by atoms with Crippen LogP contribution in [0.5, 0.6) is 5.75 Å². The van der Waals surface area contributed by atoms with Gasteiger partial charge in [-0.15, -0.1) is 10.2 Å². The number of aromatic hydroxyl groups is 1. The molecule has 2 heterocycles. The molecule has 0 bridgehead atoms. The fourth-order valence-electron chi connectivity index (χ4n) is 3.82. The first-order chi connectivity index (χ1) is 17.4. The zero-order chi connectivity index (χ0) is 25.2. The minimum atomic E-state index is -0.743. The highest BCUT2D eigenvalue weighted by atomic mass is 32.2. The number of benzene rings is 3. The third-order valence-corrected chi connectivity index (χ3v) is 6.76. The van der Waals surface area contributed by atoms with Crippen molar-refractivity contribution < 1.29 is 19.5 Å². The molecule has 1 atom stereocenters. The van der Waals surface area contributed by atoms with Gasteiger partial charge in [0.15, 0.2) is 10.9 Å². The number of para-hydroxylation sites is 1. The van der Waals surface area contributed by atoms with E-state index in [1.807, 2.05) is 19.1 Å². The maximum Gasteiger partial charge on any atom is 0.276 e. The van der Waals surface area contributed by atoms with Crippen molar-refractivity contribution in [1.29, 1.82) is 0 Å². The number of rotatable bonds is 5. The summed E-state index contributed by atoms with van der Waals surface area (Å²) >= 11 is 1.10. The number of fused-ring (bicyclic) bond motifs is 1. The quantitative estimate of drug-likeness (QED) is 0.460. The molecule has 2 aliphatic rings. The number of hydrogen-bond donors (Lipinski definition) is 3. The topological polar surface area (TPSA) is 123 Å². The number of nitrogens with zero attached hydrogens (tertiary/aromatic N) is 3. The summed E-state index contributed by atoms with van der Waals surface area (Å²) in [7, 11) is 0. The monoisotopic (exact) mass is 499 g/mol. The molecule has 0 aromatic heterocycles.